The van der Waals surface area contributed by atoms with Gasteiger partial charge in [-0.2, -0.15) is 0 Å². The minimum atomic E-state index is -1.40. The largest absolute Gasteiger partial charge is 0.507 e. The highest BCUT2D eigenvalue weighted by Gasteiger charge is 2.22. The smallest absolute Gasteiger partial charge is 0.326 e. The number of benzene rings is 1. The third-order valence-electron chi connectivity index (χ3n) is 2.22. The van der Waals surface area contributed by atoms with Gasteiger partial charge in [0.25, 0.3) is 5.91 Å². The molecule has 0 aliphatic carbocycles. The van der Waals surface area contributed by atoms with Crippen LogP contribution in [-0.2, 0) is 9.59 Å². The van der Waals surface area contributed by atoms with E-state index in [0.717, 1.165) is 0 Å². The van der Waals surface area contributed by atoms with Crippen molar-refractivity contribution in [2.75, 3.05) is 0 Å². The van der Waals surface area contributed by atoms with E-state index >= 15 is 0 Å². The zero-order valence-corrected chi connectivity index (χ0v) is 11.7. The number of carboxylic acid groups (broad SMARTS) is 1. The maximum absolute atomic E-state index is 11.8. The lowest BCUT2D eigenvalue weighted by molar-refractivity contribution is -0.140. The van der Waals surface area contributed by atoms with Crippen LogP contribution in [0.25, 0.3) is 0 Å². The Morgan fingerprint density at radius 2 is 2.00 bits per heavy atom. The van der Waals surface area contributed by atoms with Crippen LogP contribution in [0, 0.1) is 3.57 Å². The Bertz CT molecular complexity index is 532. The molecule has 0 saturated carbocycles. The van der Waals surface area contributed by atoms with Crippen molar-refractivity contribution in [3.05, 3.63) is 27.3 Å². The van der Waals surface area contributed by atoms with Gasteiger partial charge in [-0.15, -0.1) is 0 Å². The van der Waals surface area contributed by atoms with E-state index in [4.69, 9.17) is 10.8 Å². The number of carboxylic acids is 1. The van der Waals surface area contributed by atoms with Crippen LogP contribution < -0.4 is 11.1 Å². The molecule has 1 atom stereocenters. The molecule has 1 aromatic carbocycles. The molecule has 8 heteroatoms. The molecule has 0 radical (unpaired) electrons. The van der Waals surface area contributed by atoms with Gasteiger partial charge in [-0.3, -0.25) is 9.59 Å². The van der Waals surface area contributed by atoms with Gasteiger partial charge in [0.15, 0.2) is 0 Å². The molecule has 0 saturated heterocycles. The summed E-state index contributed by atoms with van der Waals surface area (Å²) in [6, 6.07) is 2.75. The number of nitrogens with two attached hydrogens (primary N) is 1. The SMILES string of the molecule is NC(=O)C[C@@H](NC(=O)c1ccc(I)c(O)c1)C(=O)O. The van der Waals surface area contributed by atoms with Crippen molar-refractivity contribution in [2.45, 2.75) is 12.5 Å². The average Bonchev–Trinajstić information content (AvgIpc) is 2.31. The maximum Gasteiger partial charge on any atom is 0.326 e. The number of phenolic OH excluding ortho intramolecular Hbond substituents is 1. The predicted octanol–water partition coefficient (Wildman–Crippen LogP) is 0.0552. The molecule has 0 aliphatic rings. The zero-order valence-electron chi connectivity index (χ0n) is 9.59. The molecule has 5 N–H and O–H groups in total. The van der Waals surface area contributed by atoms with E-state index in [0.29, 0.717) is 3.57 Å². The second kappa shape index (κ2) is 6.36. The summed E-state index contributed by atoms with van der Waals surface area (Å²) in [4.78, 5) is 33.3. The highest BCUT2D eigenvalue weighted by Crippen LogP contribution is 2.20. The Morgan fingerprint density at radius 3 is 2.47 bits per heavy atom. The number of amides is 2. The first-order chi connectivity index (χ1) is 8.81. The van der Waals surface area contributed by atoms with Gasteiger partial charge in [-0.05, 0) is 40.8 Å². The van der Waals surface area contributed by atoms with Gasteiger partial charge in [-0.1, -0.05) is 0 Å². The fourth-order valence-corrected chi connectivity index (χ4v) is 1.63. The van der Waals surface area contributed by atoms with Crippen molar-refractivity contribution in [1.29, 1.82) is 0 Å². The third kappa shape index (κ3) is 4.39. The van der Waals surface area contributed by atoms with E-state index in [9.17, 15) is 19.5 Å². The molecule has 2 amide bonds. The molecule has 0 spiro atoms. The van der Waals surface area contributed by atoms with Gasteiger partial charge < -0.3 is 21.3 Å². The van der Waals surface area contributed by atoms with Gasteiger partial charge in [0, 0.05) is 5.56 Å². The first-order valence-corrected chi connectivity index (χ1v) is 6.19. The van der Waals surface area contributed by atoms with Crippen molar-refractivity contribution in [2.24, 2.45) is 5.73 Å². The summed E-state index contributed by atoms with van der Waals surface area (Å²) in [5.74, 6) is -2.99. The van der Waals surface area contributed by atoms with Gasteiger partial charge in [0.2, 0.25) is 5.91 Å². The highest BCUT2D eigenvalue weighted by molar-refractivity contribution is 14.1. The molecule has 1 aromatic rings. The van der Waals surface area contributed by atoms with Crippen LogP contribution in [0.1, 0.15) is 16.8 Å². The number of primary amides is 1. The minimum Gasteiger partial charge on any atom is -0.507 e. The van der Waals surface area contributed by atoms with E-state index in [2.05, 4.69) is 5.32 Å². The fraction of sp³-hybridized carbons (Fsp3) is 0.182. The molecule has 0 aromatic heterocycles. The molecular formula is C11H11IN2O5. The lowest BCUT2D eigenvalue weighted by atomic mass is 10.1. The number of nitrogens with one attached hydrogen (secondary N) is 1. The Kier molecular flexibility index (Phi) is 5.10. The first kappa shape index (κ1) is 15.2. The number of halogens is 1. The normalized spacial score (nSPS) is 11.6. The lowest BCUT2D eigenvalue weighted by Crippen LogP contribution is -2.43. The molecule has 1 rings (SSSR count). The van der Waals surface area contributed by atoms with Crippen molar-refractivity contribution in [1.82, 2.24) is 5.32 Å². The molecule has 102 valence electrons. The molecule has 0 bridgehead atoms. The predicted molar refractivity (Wildman–Crippen MR) is 73.5 cm³/mol. The number of carbonyl (C=O) groups excluding carboxylic acids is 2. The second-order valence-corrected chi connectivity index (χ2v) is 4.86. The summed E-state index contributed by atoms with van der Waals surface area (Å²) in [6.07, 6.45) is -0.503. The number of hydrogen-bond donors (Lipinski definition) is 4. The van der Waals surface area contributed by atoms with Crippen LogP contribution >= 0.6 is 22.6 Å². The second-order valence-electron chi connectivity index (χ2n) is 3.70. The number of aliphatic carboxylic acids is 1. The van der Waals surface area contributed by atoms with E-state index in [1.54, 1.807) is 0 Å². The van der Waals surface area contributed by atoms with Crippen LogP contribution in [0.3, 0.4) is 0 Å². The zero-order chi connectivity index (χ0) is 14.6. The van der Waals surface area contributed by atoms with Crippen molar-refractivity contribution in [3.63, 3.8) is 0 Å². The average molecular weight is 378 g/mol. The Labute approximate surface area is 121 Å². The fourth-order valence-electron chi connectivity index (χ4n) is 1.30. The van der Waals surface area contributed by atoms with Crippen LogP contribution in [0.15, 0.2) is 18.2 Å². The Hall–Kier alpha value is -1.84. The van der Waals surface area contributed by atoms with Crippen molar-refractivity contribution >= 4 is 40.4 Å². The summed E-state index contributed by atoms with van der Waals surface area (Å²) >= 11 is 1.88. The standard InChI is InChI=1S/C11H11IN2O5/c12-6-2-1-5(3-8(6)15)10(17)14-7(11(18)19)4-9(13)16/h1-3,7,15H,4H2,(H2,13,16)(H,14,17)(H,18,19)/t7-/m1/s1. The van der Waals surface area contributed by atoms with Crippen LogP contribution in [0.5, 0.6) is 5.75 Å². The van der Waals surface area contributed by atoms with E-state index in [1.807, 2.05) is 22.6 Å². The summed E-state index contributed by atoms with van der Waals surface area (Å²) in [5, 5.41) is 20.5. The Morgan fingerprint density at radius 1 is 1.37 bits per heavy atom. The quantitative estimate of drug-likeness (QED) is 0.539. The molecular weight excluding hydrogens is 367 g/mol. The number of carbonyl (C=O) groups is 3. The van der Waals surface area contributed by atoms with Gasteiger partial charge >= 0.3 is 5.97 Å². The van der Waals surface area contributed by atoms with E-state index in [1.165, 1.54) is 18.2 Å². The summed E-state index contributed by atoms with van der Waals surface area (Å²) in [6.45, 7) is 0. The maximum atomic E-state index is 11.8. The molecule has 0 fully saturated rings. The van der Waals surface area contributed by atoms with Gasteiger partial charge in [0.05, 0.1) is 9.99 Å². The molecule has 19 heavy (non-hydrogen) atoms. The van der Waals surface area contributed by atoms with Crippen molar-refractivity contribution in [3.8, 4) is 5.75 Å². The third-order valence-corrected chi connectivity index (χ3v) is 3.13. The summed E-state index contributed by atoms with van der Waals surface area (Å²) in [5.41, 5.74) is 4.99. The molecule has 0 aliphatic heterocycles. The number of hydrogen-bond acceptors (Lipinski definition) is 4. The number of phenols is 1. The summed E-state index contributed by atoms with van der Waals surface area (Å²) < 4.78 is 0.557. The van der Waals surface area contributed by atoms with Crippen molar-refractivity contribution < 1.29 is 24.6 Å². The lowest BCUT2D eigenvalue weighted by Gasteiger charge is -2.13. The van der Waals surface area contributed by atoms with Gasteiger partial charge in [0.1, 0.15) is 11.8 Å². The van der Waals surface area contributed by atoms with E-state index in [-0.39, 0.29) is 11.3 Å². The number of aromatic hydroxyl groups is 1. The van der Waals surface area contributed by atoms with E-state index < -0.39 is 30.2 Å². The number of rotatable bonds is 5. The first-order valence-electron chi connectivity index (χ1n) is 5.11. The monoisotopic (exact) mass is 378 g/mol. The molecule has 0 heterocycles. The Balaban J connectivity index is 2.84. The molecule has 7 nitrogen and oxygen atoms in total. The summed E-state index contributed by atoms with van der Waals surface area (Å²) in [7, 11) is 0. The minimum absolute atomic E-state index is 0.0879. The van der Waals surface area contributed by atoms with Crippen LogP contribution in [0.2, 0.25) is 0 Å². The van der Waals surface area contributed by atoms with Gasteiger partial charge in [-0.25, -0.2) is 4.79 Å². The van der Waals surface area contributed by atoms with Crippen LogP contribution in [0.4, 0.5) is 0 Å². The molecule has 0 unspecified atom stereocenters. The van der Waals surface area contributed by atoms with Crippen LogP contribution in [-0.4, -0.2) is 34.0 Å². The topological polar surface area (TPSA) is 130 Å². The highest BCUT2D eigenvalue weighted by atomic mass is 127.